The average molecular weight is 827 g/mol. The molecule has 1 aliphatic rings. The number of para-hydroxylation sites is 1. The van der Waals surface area contributed by atoms with Crippen LogP contribution in [-0.2, 0) is 5.41 Å². The molecule has 1 aliphatic carbocycles. The van der Waals surface area contributed by atoms with Crippen molar-refractivity contribution in [3.8, 4) is 22.4 Å². The molecule has 3 aromatic heterocycles. The van der Waals surface area contributed by atoms with E-state index in [4.69, 9.17) is 0 Å². The summed E-state index contributed by atoms with van der Waals surface area (Å²) >= 11 is 0. The van der Waals surface area contributed by atoms with E-state index >= 15 is 0 Å². The molecule has 0 fully saturated rings. The smallest absolute Gasteiger partial charge is 0.116 e. The van der Waals surface area contributed by atoms with Gasteiger partial charge in [0.25, 0.3) is 0 Å². The first-order valence-corrected chi connectivity index (χ1v) is 22.3. The van der Waals surface area contributed by atoms with E-state index in [1.807, 2.05) is 6.07 Å². The Balaban J connectivity index is 1.09. The van der Waals surface area contributed by atoms with Crippen LogP contribution in [0.3, 0.4) is 0 Å². The third-order valence-corrected chi connectivity index (χ3v) is 14.1. The SMILES string of the molecule is c1ccc(C2(c3ccccc3)c3ccc(N(c4ccc(-c5ccncn5)cc4)c4cccc5c4c4ccc6cccc7c8ccccc8n5c4c67)cc3-c3c2ccc2ccccc32)cc1. The zero-order valence-corrected chi connectivity index (χ0v) is 35.2. The third kappa shape index (κ3) is 4.96. The molecule has 0 N–H and O–H groups in total. The Hall–Kier alpha value is -8.60. The predicted molar refractivity (Wildman–Crippen MR) is 269 cm³/mol. The summed E-state index contributed by atoms with van der Waals surface area (Å²) in [6.07, 6.45) is 3.42. The van der Waals surface area contributed by atoms with Gasteiger partial charge >= 0.3 is 0 Å². The molecule has 0 atom stereocenters. The van der Waals surface area contributed by atoms with Gasteiger partial charge in [-0.05, 0) is 103 Å². The van der Waals surface area contributed by atoms with Crippen molar-refractivity contribution in [1.29, 1.82) is 0 Å². The fourth-order valence-corrected chi connectivity index (χ4v) is 11.5. The summed E-state index contributed by atoms with van der Waals surface area (Å²) in [6, 6.07) is 80.8. The Labute approximate surface area is 375 Å². The third-order valence-electron chi connectivity index (χ3n) is 14.1. The van der Waals surface area contributed by atoms with Crippen molar-refractivity contribution in [2.75, 3.05) is 4.90 Å². The Kier molecular flexibility index (Phi) is 7.57. The molecule has 0 saturated heterocycles. The lowest BCUT2D eigenvalue weighted by molar-refractivity contribution is 0.769. The van der Waals surface area contributed by atoms with Crippen molar-refractivity contribution in [2.45, 2.75) is 5.41 Å². The highest BCUT2D eigenvalue weighted by molar-refractivity contribution is 6.30. The molecular formula is C61H38N4. The van der Waals surface area contributed by atoms with Crippen LogP contribution in [0, 0.1) is 0 Å². The number of aromatic nitrogens is 3. The standard InChI is InChI=1S/C61H38N4/c1-3-15-42(16-4-1)61(43-17-5-2-6-18-43)51-34-31-45(37-50(51)58-46-19-8-7-13-39(46)28-33-52(58)61)64(44-29-25-40(26-30-44)53-35-36-62-38-63-53)55-23-12-24-56-59(55)49-32-27-41-14-11-21-48-47-20-9-10-22-54(47)65(56)60(49)57(41)48/h1-38H. The van der Waals surface area contributed by atoms with Crippen molar-refractivity contribution in [3.05, 3.63) is 253 Å². The fraction of sp³-hybridized carbons (Fsp3) is 0.0164. The highest BCUT2D eigenvalue weighted by Gasteiger charge is 2.47. The largest absolute Gasteiger partial charge is 0.310 e. The predicted octanol–water partition coefficient (Wildman–Crippen LogP) is 15.4. The van der Waals surface area contributed by atoms with Gasteiger partial charge in [-0.25, -0.2) is 9.97 Å². The summed E-state index contributed by atoms with van der Waals surface area (Å²) in [7, 11) is 0. The van der Waals surface area contributed by atoms with Crippen LogP contribution in [0.15, 0.2) is 231 Å². The van der Waals surface area contributed by atoms with E-state index in [0.29, 0.717) is 0 Å². The summed E-state index contributed by atoms with van der Waals surface area (Å²) < 4.78 is 2.51. The minimum Gasteiger partial charge on any atom is -0.310 e. The maximum Gasteiger partial charge on any atom is 0.116 e. The van der Waals surface area contributed by atoms with Crippen molar-refractivity contribution < 1.29 is 0 Å². The van der Waals surface area contributed by atoms with E-state index < -0.39 is 5.41 Å². The van der Waals surface area contributed by atoms with Crippen molar-refractivity contribution in [2.24, 2.45) is 0 Å². The van der Waals surface area contributed by atoms with Crippen LogP contribution >= 0.6 is 0 Å². The lowest BCUT2D eigenvalue weighted by atomic mass is 9.67. The molecule has 4 heteroatoms. The van der Waals surface area contributed by atoms with Crippen molar-refractivity contribution >= 4 is 76.7 Å². The monoisotopic (exact) mass is 826 g/mol. The second-order valence-corrected chi connectivity index (χ2v) is 17.3. The fourth-order valence-electron chi connectivity index (χ4n) is 11.5. The molecule has 0 saturated carbocycles. The number of nitrogens with zero attached hydrogens (tertiary/aromatic N) is 4. The van der Waals surface area contributed by atoms with Crippen LogP contribution in [-0.4, -0.2) is 14.4 Å². The average Bonchev–Trinajstić information content (AvgIpc) is 3.89. The molecule has 0 radical (unpaired) electrons. The minimum atomic E-state index is -0.533. The summed E-state index contributed by atoms with van der Waals surface area (Å²) in [5.41, 5.74) is 15.9. The molecule has 14 rings (SSSR count). The van der Waals surface area contributed by atoms with Crippen molar-refractivity contribution in [3.63, 3.8) is 0 Å². The van der Waals surface area contributed by atoms with Gasteiger partial charge in [0.15, 0.2) is 0 Å². The van der Waals surface area contributed by atoms with Gasteiger partial charge in [-0.2, -0.15) is 0 Å². The maximum absolute atomic E-state index is 4.60. The van der Waals surface area contributed by atoms with Gasteiger partial charge < -0.3 is 9.30 Å². The van der Waals surface area contributed by atoms with Gasteiger partial charge in [-0.1, -0.05) is 170 Å². The first kappa shape index (κ1) is 35.9. The number of pyridine rings is 1. The molecule has 10 aromatic carbocycles. The van der Waals surface area contributed by atoms with Crippen LogP contribution in [0.2, 0.25) is 0 Å². The van der Waals surface area contributed by atoms with E-state index in [1.165, 1.54) is 93.0 Å². The van der Waals surface area contributed by atoms with Gasteiger partial charge in [0.2, 0.25) is 0 Å². The molecule has 0 bridgehead atoms. The Morgan fingerprint density at radius 3 is 1.91 bits per heavy atom. The maximum atomic E-state index is 4.60. The molecule has 0 aliphatic heterocycles. The minimum absolute atomic E-state index is 0.533. The summed E-state index contributed by atoms with van der Waals surface area (Å²) in [4.78, 5) is 11.3. The second-order valence-electron chi connectivity index (χ2n) is 17.3. The molecule has 0 unspecified atom stereocenters. The number of hydrogen-bond donors (Lipinski definition) is 0. The lowest BCUT2D eigenvalue weighted by Gasteiger charge is -2.34. The van der Waals surface area contributed by atoms with Crippen molar-refractivity contribution in [1.82, 2.24) is 14.4 Å². The van der Waals surface area contributed by atoms with Gasteiger partial charge in [0.05, 0.1) is 33.3 Å². The zero-order chi connectivity index (χ0) is 42.6. The highest BCUT2D eigenvalue weighted by Crippen LogP contribution is 2.59. The molecule has 65 heavy (non-hydrogen) atoms. The number of benzene rings is 10. The van der Waals surface area contributed by atoms with Gasteiger partial charge in [0, 0.05) is 44.7 Å². The number of fused-ring (bicyclic) bond motifs is 11. The Bertz CT molecular complexity index is 3930. The molecule has 302 valence electrons. The van der Waals surface area contributed by atoms with Crippen LogP contribution in [0.1, 0.15) is 22.3 Å². The molecule has 0 amide bonds. The molecule has 3 heterocycles. The molecule has 13 aromatic rings. The summed E-state index contributed by atoms with van der Waals surface area (Å²) in [5, 5.41) is 10.0. The molecule has 0 spiro atoms. The number of anilines is 3. The normalized spacial score (nSPS) is 13.0. The zero-order valence-electron chi connectivity index (χ0n) is 35.2. The van der Waals surface area contributed by atoms with E-state index in [1.54, 1.807) is 12.5 Å². The first-order valence-electron chi connectivity index (χ1n) is 22.3. The van der Waals surface area contributed by atoms with Crippen LogP contribution in [0.25, 0.3) is 82.0 Å². The Morgan fingerprint density at radius 2 is 1.11 bits per heavy atom. The van der Waals surface area contributed by atoms with Gasteiger partial charge in [-0.15, -0.1) is 0 Å². The molecule has 4 nitrogen and oxygen atoms in total. The van der Waals surface area contributed by atoms with Crippen LogP contribution in [0.5, 0.6) is 0 Å². The summed E-state index contributed by atoms with van der Waals surface area (Å²) in [6.45, 7) is 0. The van der Waals surface area contributed by atoms with E-state index in [0.717, 1.165) is 28.3 Å². The van der Waals surface area contributed by atoms with E-state index in [-0.39, 0.29) is 0 Å². The lowest BCUT2D eigenvalue weighted by Crippen LogP contribution is -2.28. The van der Waals surface area contributed by atoms with Gasteiger partial charge in [0.1, 0.15) is 6.33 Å². The van der Waals surface area contributed by atoms with E-state index in [9.17, 15) is 0 Å². The van der Waals surface area contributed by atoms with Gasteiger partial charge in [-0.3, -0.25) is 0 Å². The highest BCUT2D eigenvalue weighted by atomic mass is 15.1. The number of rotatable bonds is 6. The summed E-state index contributed by atoms with van der Waals surface area (Å²) in [5.74, 6) is 0. The van der Waals surface area contributed by atoms with Crippen LogP contribution in [0.4, 0.5) is 17.1 Å². The quantitative estimate of drug-likeness (QED) is 0.124. The van der Waals surface area contributed by atoms with Crippen LogP contribution < -0.4 is 4.90 Å². The number of hydrogen-bond acceptors (Lipinski definition) is 3. The topological polar surface area (TPSA) is 33.4 Å². The molecular weight excluding hydrogens is 789 g/mol. The second kappa shape index (κ2) is 13.7. The first-order chi connectivity index (χ1) is 32.3. The Morgan fingerprint density at radius 1 is 0.446 bits per heavy atom. The van der Waals surface area contributed by atoms with E-state index in [2.05, 4.69) is 232 Å².